The van der Waals surface area contributed by atoms with Crippen LogP contribution in [0.15, 0.2) is 12.1 Å². The van der Waals surface area contributed by atoms with Crippen molar-refractivity contribution >= 4 is 5.91 Å². The molecule has 1 N–H and O–H groups in total. The number of nitriles is 1. The third-order valence-electron chi connectivity index (χ3n) is 2.43. The molecule has 0 aromatic heterocycles. The highest BCUT2D eigenvalue weighted by Gasteiger charge is 2.11. The minimum Gasteiger partial charge on any atom is -0.351 e. The summed E-state index contributed by atoms with van der Waals surface area (Å²) in [5.41, 5.74) is 3.84. The van der Waals surface area contributed by atoms with Crippen molar-refractivity contribution in [2.75, 3.05) is 6.54 Å². The molecule has 0 saturated heterocycles. The fourth-order valence-electron chi connectivity index (χ4n) is 1.86. The van der Waals surface area contributed by atoms with Gasteiger partial charge in [0.05, 0.1) is 12.5 Å². The van der Waals surface area contributed by atoms with Gasteiger partial charge >= 0.3 is 0 Å². The van der Waals surface area contributed by atoms with Gasteiger partial charge in [-0.15, -0.1) is 0 Å². The van der Waals surface area contributed by atoms with Crippen LogP contribution in [-0.4, -0.2) is 12.5 Å². The van der Waals surface area contributed by atoms with Crippen LogP contribution in [0.1, 0.15) is 33.5 Å². The number of carbonyl (C=O) groups excluding carboxylic acids is 1. The molecule has 3 heteroatoms. The second-order valence-corrected chi connectivity index (χ2v) is 3.94. The Morgan fingerprint density at radius 3 is 2.38 bits per heavy atom. The van der Waals surface area contributed by atoms with Crippen molar-refractivity contribution < 1.29 is 4.79 Å². The number of hydrogen-bond acceptors (Lipinski definition) is 2. The molecule has 84 valence electrons. The fourth-order valence-corrected chi connectivity index (χ4v) is 1.86. The quantitative estimate of drug-likeness (QED) is 0.788. The van der Waals surface area contributed by atoms with E-state index in [-0.39, 0.29) is 5.91 Å². The van der Waals surface area contributed by atoms with Gasteiger partial charge in [-0.2, -0.15) is 5.26 Å². The van der Waals surface area contributed by atoms with E-state index >= 15 is 0 Å². The van der Waals surface area contributed by atoms with E-state index < -0.39 is 0 Å². The maximum Gasteiger partial charge on any atom is 0.251 e. The van der Waals surface area contributed by atoms with Gasteiger partial charge in [-0.3, -0.25) is 4.79 Å². The van der Waals surface area contributed by atoms with E-state index in [0.717, 1.165) is 22.3 Å². The smallest absolute Gasteiger partial charge is 0.251 e. The Morgan fingerprint density at radius 1 is 1.31 bits per heavy atom. The normalized spacial score (nSPS) is 9.62. The summed E-state index contributed by atoms with van der Waals surface area (Å²) in [6.07, 6.45) is 0.343. The van der Waals surface area contributed by atoms with Crippen molar-refractivity contribution in [2.45, 2.75) is 27.2 Å². The first-order valence-corrected chi connectivity index (χ1v) is 5.29. The predicted molar refractivity (Wildman–Crippen MR) is 63.2 cm³/mol. The van der Waals surface area contributed by atoms with Crippen LogP contribution in [0.3, 0.4) is 0 Å². The molecule has 0 radical (unpaired) electrons. The third kappa shape index (κ3) is 2.83. The van der Waals surface area contributed by atoms with Crippen LogP contribution in [0.5, 0.6) is 0 Å². The Bertz CT molecular complexity index is 421. The third-order valence-corrected chi connectivity index (χ3v) is 2.43. The number of hydrogen-bond donors (Lipinski definition) is 1. The lowest BCUT2D eigenvalue weighted by molar-refractivity contribution is 0.0953. The average molecular weight is 216 g/mol. The first kappa shape index (κ1) is 12.3. The molecule has 1 aromatic rings. The van der Waals surface area contributed by atoms with E-state index in [4.69, 9.17) is 5.26 Å². The fraction of sp³-hybridized carbons (Fsp3) is 0.385. The zero-order valence-electron chi connectivity index (χ0n) is 9.92. The number of aryl methyl sites for hydroxylation is 3. The van der Waals surface area contributed by atoms with E-state index in [1.165, 1.54) is 0 Å². The Kier molecular flexibility index (Phi) is 4.07. The number of nitrogens with zero attached hydrogens (tertiary/aromatic N) is 1. The minimum atomic E-state index is -0.0924. The maximum atomic E-state index is 11.9. The van der Waals surface area contributed by atoms with Crippen molar-refractivity contribution in [2.24, 2.45) is 0 Å². The molecule has 0 spiro atoms. The molecule has 0 saturated carbocycles. The summed E-state index contributed by atoms with van der Waals surface area (Å²) in [6.45, 7) is 6.28. The summed E-state index contributed by atoms with van der Waals surface area (Å²) >= 11 is 0. The molecule has 0 unspecified atom stereocenters. The summed E-state index contributed by atoms with van der Waals surface area (Å²) in [7, 11) is 0. The molecular weight excluding hydrogens is 200 g/mol. The predicted octanol–water partition coefficient (Wildman–Crippen LogP) is 2.26. The van der Waals surface area contributed by atoms with Gasteiger partial charge in [-0.05, 0) is 31.9 Å². The zero-order valence-corrected chi connectivity index (χ0v) is 9.92. The first-order chi connectivity index (χ1) is 7.56. The van der Waals surface area contributed by atoms with E-state index in [1.54, 1.807) is 0 Å². The lowest BCUT2D eigenvalue weighted by atomic mass is 9.99. The van der Waals surface area contributed by atoms with E-state index in [1.807, 2.05) is 39.0 Å². The van der Waals surface area contributed by atoms with Crippen LogP contribution < -0.4 is 5.32 Å². The van der Waals surface area contributed by atoms with Crippen LogP contribution in [0.2, 0.25) is 0 Å². The second-order valence-electron chi connectivity index (χ2n) is 3.94. The van der Waals surface area contributed by atoms with Crippen LogP contribution in [-0.2, 0) is 0 Å². The van der Waals surface area contributed by atoms with Crippen LogP contribution in [0, 0.1) is 32.1 Å². The summed E-state index contributed by atoms with van der Waals surface area (Å²) < 4.78 is 0. The molecule has 16 heavy (non-hydrogen) atoms. The Balaban J connectivity index is 2.88. The Hall–Kier alpha value is -1.82. The first-order valence-electron chi connectivity index (χ1n) is 5.29. The van der Waals surface area contributed by atoms with Crippen molar-refractivity contribution in [3.63, 3.8) is 0 Å². The number of amides is 1. The number of nitrogens with one attached hydrogen (secondary N) is 1. The summed E-state index contributed by atoms with van der Waals surface area (Å²) in [6, 6.07) is 5.98. The van der Waals surface area contributed by atoms with Crippen molar-refractivity contribution in [3.8, 4) is 6.07 Å². The highest BCUT2D eigenvalue weighted by atomic mass is 16.1. The lowest BCUT2D eigenvalue weighted by Gasteiger charge is -2.10. The van der Waals surface area contributed by atoms with Gasteiger partial charge in [0.2, 0.25) is 0 Å². The molecule has 0 heterocycles. The summed E-state index contributed by atoms with van der Waals surface area (Å²) in [5, 5.41) is 11.1. The van der Waals surface area contributed by atoms with Crippen LogP contribution in [0.4, 0.5) is 0 Å². The van der Waals surface area contributed by atoms with Gasteiger partial charge in [0.25, 0.3) is 5.91 Å². The van der Waals surface area contributed by atoms with Gasteiger partial charge in [-0.1, -0.05) is 17.7 Å². The standard InChI is InChI=1S/C13H16N2O/c1-9-7-10(2)12(11(3)8-9)13(16)15-6-4-5-14/h7-8H,4,6H2,1-3H3,(H,15,16). The topological polar surface area (TPSA) is 52.9 Å². The summed E-state index contributed by atoms with van der Waals surface area (Å²) in [4.78, 5) is 11.9. The zero-order chi connectivity index (χ0) is 12.1. The van der Waals surface area contributed by atoms with Crippen LogP contribution >= 0.6 is 0 Å². The average Bonchev–Trinajstić information content (AvgIpc) is 2.16. The molecule has 1 aromatic carbocycles. The SMILES string of the molecule is Cc1cc(C)c(C(=O)NCCC#N)c(C)c1. The van der Waals surface area contributed by atoms with E-state index in [9.17, 15) is 4.79 Å². The van der Waals surface area contributed by atoms with Gasteiger partial charge in [-0.25, -0.2) is 0 Å². The molecule has 0 aliphatic heterocycles. The Labute approximate surface area is 96.1 Å². The number of rotatable bonds is 3. The van der Waals surface area contributed by atoms with Gasteiger partial charge < -0.3 is 5.32 Å². The highest BCUT2D eigenvalue weighted by molar-refractivity contribution is 5.97. The summed E-state index contributed by atoms with van der Waals surface area (Å²) in [5.74, 6) is -0.0924. The molecule has 0 aliphatic carbocycles. The molecule has 0 fully saturated rings. The maximum absolute atomic E-state index is 11.9. The number of carbonyl (C=O) groups is 1. The molecule has 0 bridgehead atoms. The lowest BCUT2D eigenvalue weighted by Crippen LogP contribution is -2.25. The highest BCUT2D eigenvalue weighted by Crippen LogP contribution is 2.15. The van der Waals surface area contributed by atoms with Crippen LogP contribution in [0.25, 0.3) is 0 Å². The molecule has 0 atom stereocenters. The van der Waals surface area contributed by atoms with Crippen molar-refractivity contribution in [1.29, 1.82) is 5.26 Å². The van der Waals surface area contributed by atoms with Gasteiger partial charge in [0, 0.05) is 12.1 Å². The molecule has 3 nitrogen and oxygen atoms in total. The van der Waals surface area contributed by atoms with E-state index in [2.05, 4.69) is 5.32 Å². The molecule has 0 aliphatic rings. The molecule has 1 rings (SSSR count). The largest absolute Gasteiger partial charge is 0.351 e. The van der Waals surface area contributed by atoms with Gasteiger partial charge in [0.15, 0.2) is 0 Å². The molecular formula is C13H16N2O. The molecule has 1 amide bonds. The van der Waals surface area contributed by atoms with Crippen molar-refractivity contribution in [3.05, 3.63) is 34.4 Å². The van der Waals surface area contributed by atoms with Gasteiger partial charge in [0.1, 0.15) is 0 Å². The number of benzene rings is 1. The monoisotopic (exact) mass is 216 g/mol. The van der Waals surface area contributed by atoms with E-state index in [0.29, 0.717) is 13.0 Å². The second kappa shape index (κ2) is 5.32. The van der Waals surface area contributed by atoms with Crippen molar-refractivity contribution in [1.82, 2.24) is 5.32 Å². The minimum absolute atomic E-state index is 0.0924. The Morgan fingerprint density at radius 2 is 1.88 bits per heavy atom.